The first-order valence-corrected chi connectivity index (χ1v) is 7.35. The van der Waals surface area contributed by atoms with E-state index in [-0.39, 0.29) is 0 Å². The molecule has 5 aromatic rings. The van der Waals surface area contributed by atoms with Gasteiger partial charge in [0.2, 0.25) is 5.82 Å². The molecule has 0 aliphatic heterocycles. The van der Waals surface area contributed by atoms with E-state index < -0.39 is 0 Å². The minimum Gasteiger partial charge on any atom is -0.244 e. The van der Waals surface area contributed by atoms with Crippen molar-refractivity contribution >= 4 is 27.3 Å². The van der Waals surface area contributed by atoms with Gasteiger partial charge in [-0.3, -0.25) is 0 Å². The maximum atomic E-state index is 4.68. The lowest BCUT2D eigenvalue weighted by Gasteiger charge is -2.02. The Morgan fingerprint density at radius 3 is 2.52 bits per heavy atom. The van der Waals surface area contributed by atoms with E-state index in [1.165, 1.54) is 0 Å². The lowest BCUT2D eigenvalue weighted by Crippen LogP contribution is -1.96. The molecule has 5 nitrogen and oxygen atoms in total. The van der Waals surface area contributed by atoms with E-state index >= 15 is 0 Å². The highest BCUT2D eigenvalue weighted by atomic mass is 15.4. The third-order valence-electron chi connectivity index (χ3n) is 3.98. The Kier molecular flexibility index (Phi) is 2.43. The van der Waals surface area contributed by atoms with E-state index in [1.807, 2.05) is 66.9 Å². The Hall–Kier alpha value is -3.34. The monoisotopic (exact) mass is 297 g/mol. The molecule has 0 N–H and O–H groups in total. The molecule has 23 heavy (non-hydrogen) atoms. The molecule has 0 unspecified atom stereocenters. The maximum Gasteiger partial charge on any atom is 0.203 e. The molecule has 0 radical (unpaired) electrons. The van der Waals surface area contributed by atoms with Gasteiger partial charge in [0.25, 0.3) is 0 Å². The standard InChI is InChI=1S/C18H11N5/c1-3-7-14-13(6-1)11-19-23-17(14)21-22-18(23)16-10-9-12-5-2-4-8-15(12)20-16/h1-11H. The van der Waals surface area contributed by atoms with Crippen molar-refractivity contribution in [3.8, 4) is 11.5 Å². The fraction of sp³-hybridized carbons (Fsp3) is 0. The van der Waals surface area contributed by atoms with Crippen molar-refractivity contribution in [2.24, 2.45) is 0 Å². The number of nitrogens with zero attached hydrogens (tertiary/aromatic N) is 5. The van der Waals surface area contributed by atoms with Crippen molar-refractivity contribution in [1.82, 2.24) is 24.8 Å². The van der Waals surface area contributed by atoms with E-state index in [0.717, 1.165) is 33.0 Å². The van der Waals surface area contributed by atoms with Crippen molar-refractivity contribution in [3.05, 3.63) is 66.9 Å². The van der Waals surface area contributed by atoms with Crippen molar-refractivity contribution in [2.75, 3.05) is 0 Å². The molecule has 2 aromatic carbocycles. The van der Waals surface area contributed by atoms with Crippen LogP contribution < -0.4 is 0 Å². The summed E-state index contributed by atoms with van der Waals surface area (Å²) < 4.78 is 1.75. The van der Waals surface area contributed by atoms with Crippen LogP contribution in [-0.4, -0.2) is 24.8 Å². The summed E-state index contributed by atoms with van der Waals surface area (Å²) in [5.74, 6) is 0.650. The van der Waals surface area contributed by atoms with Crippen molar-refractivity contribution < 1.29 is 0 Å². The second kappa shape index (κ2) is 4.58. The highest BCUT2D eigenvalue weighted by Crippen LogP contribution is 2.23. The zero-order chi connectivity index (χ0) is 15.2. The molecule has 0 aliphatic carbocycles. The lowest BCUT2D eigenvalue weighted by molar-refractivity contribution is 0.940. The first-order valence-electron chi connectivity index (χ1n) is 7.35. The predicted octanol–water partition coefficient (Wildman–Crippen LogP) is 3.49. The van der Waals surface area contributed by atoms with Gasteiger partial charge >= 0.3 is 0 Å². The number of aromatic nitrogens is 5. The molecule has 0 atom stereocenters. The number of hydrogen-bond acceptors (Lipinski definition) is 4. The Balaban J connectivity index is 1.80. The Morgan fingerprint density at radius 2 is 1.57 bits per heavy atom. The second-order valence-electron chi connectivity index (χ2n) is 5.38. The molecule has 0 saturated carbocycles. The molecule has 0 spiro atoms. The van der Waals surface area contributed by atoms with Gasteiger partial charge < -0.3 is 0 Å². The number of rotatable bonds is 1. The molecule has 5 rings (SSSR count). The topological polar surface area (TPSA) is 56.0 Å². The smallest absolute Gasteiger partial charge is 0.203 e. The van der Waals surface area contributed by atoms with Crippen molar-refractivity contribution in [3.63, 3.8) is 0 Å². The molecule has 5 heteroatoms. The van der Waals surface area contributed by atoms with Gasteiger partial charge in [0.15, 0.2) is 5.65 Å². The Morgan fingerprint density at radius 1 is 0.739 bits per heavy atom. The first-order chi connectivity index (χ1) is 11.4. The summed E-state index contributed by atoms with van der Waals surface area (Å²) in [7, 11) is 0. The third kappa shape index (κ3) is 1.80. The van der Waals surface area contributed by atoms with E-state index in [4.69, 9.17) is 0 Å². The zero-order valence-electron chi connectivity index (χ0n) is 12.1. The predicted molar refractivity (Wildman–Crippen MR) is 89.0 cm³/mol. The molecule has 3 aromatic heterocycles. The van der Waals surface area contributed by atoms with Crippen LogP contribution in [0.25, 0.3) is 38.8 Å². The summed E-state index contributed by atoms with van der Waals surface area (Å²) in [4.78, 5) is 4.68. The van der Waals surface area contributed by atoms with E-state index in [2.05, 4.69) is 20.3 Å². The fourth-order valence-electron chi connectivity index (χ4n) is 2.84. The van der Waals surface area contributed by atoms with Crippen LogP contribution in [0, 0.1) is 0 Å². The maximum absolute atomic E-state index is 4.68. The normalized spacial score (nSPS) is 11.5. The van der Waals surface area contributed by atoms with Crippen LogP contribution in [-0.2, 0) is 0 Å². The minimum absolute atomic E-state index is 0.650. The minimum atomic E-state index is 0.650. The summed E-state index contributed by atoms with van der Waals surface area (Å²) in [6.07, 6.45) is 1.83. The van der Waals surface area contributed by atoms with Crippen LogP contribution in [0.4, 0.5) is 0 Å². The van der Waals surface area contributed by atoms with Crippen molar-refractivity contribution in [2.45, 2.75) is 0 Å². The van der Waals surface area contributed by atoms with Crippen LogP contribution >= 0.6 is 0 Å². The summed E-state index contributed by atoms with van der Waals surface area (Å²) in [6.45, 7) is 0. The third-order valence-corrected chi connectivity index (χ3v) is 3.98. The molecule has 3 heterocycles. The Labute approximate surface area is 131 Å². The first kappa shape index (κ1) is 12.2. The van der Waals surface area contributed by atoms with Gasteiger partial charge in [-0.25, -0.2) is 4.98 Å². The largest absolute Gasteiger partial charge is 0.244 e. The number of para-hydroxylation sites is 1. The highest BCUT2D eigenvalue weighted by Gasteiger charge is 2.13. The van der Waals surface area contributed by atoms with E-state index in [1.54, 1.807) is 4.52 Å². The molecule has 0 fully saturated rings. The van der Waals surface area contributed by atoms with Gasteiger partial charge in [0.1, 0.15) is 5.69 Å². The molecule has 0 saturated heterocycles. The van der Waals surface area contributed by atoms with Crippen LogP contribution in [0.15, 0.2) is 66.9 Å². The average Bonchev–Trinajstić information content (AvgIpc) is 3.06. The van der Waals surface area contributed by atoms with Gasteiger partial charge in [-0.2, -0.15) is 9.61 Å². The van der Waals surface area contributed by atoms with Gasteiger partial charge in [-0.1, -0.05) is 48.5 Å². The van der Waals surface area contributed by atoms with Gasteiger partial charge in [-0.05, 0) is 12.1 Å². The summed E-state index contributed by atoms with van der Waals surface area (Å²) in [5, 5.41) is 16.3. The quantitative estimate of drug-likeness (QED) is 0.475. The van der Waals surface area contributed by atoms with Crippen LogP contribution in [0.1, 0.15) is 0 Å². The number of pyridine rings is 1. The van der Waals surface area contributed by atoms with Crippen LogP contribution in [0.3, 0.4) is 0 Å². The van der Waals surface area contributed by atoms with E-state index in [0.29, 0.717) is 5.82 Å². The van der Waals surface area contributed by atoms with Crippen molar-refractivity contribution in [1.29, 1.82) is 0 Å². The molecule has 0 amide bonds. The lowest BCUT2D eigenvalue weighted by atomic mass is 10.2. The van der Waals surface area contributed by atoms with Crippen LogP contribution in [0.2, 0.25) is 0 Å². The number of benzene rings is 2. The van der Waals surface area contributed by atoms with Crippen LogP contribution in [0.5, 0.6) is 0 Å². The SMILES string of the molecule is c1ccc2nc(-c3nnc4c5ccccc5cnn34)ccc2c1. The summed E-state index contributed by atoms with van der Waals surface area (Å²) in [6, 6.07) is 20.0. The number of hydrogen-bond donors (Lipinski definition) is 0. The van der Waals surface area contributed by atoms with Gasteiger partial charge in [0.05, 0.1) is 11.7 Å². The Bertz CT molecular complexity index is 1180. The molecular weight excluding hydrogens is 286 g/mol. The molecule has 0 bridgehead atoms. The van der Waals surface area contributed by atoms with Gasteiger partial charge in [-0.15, -0.1) is 10.2 Å². The number of fused-ring (bicyclic) bond motifs is 4. The highest BCUT2D eigenvalue weighted by molar-refractivity contribution is 5.93. The van der Waals surface area contributed by atoms with Gasteiger partial charge in [0, 0.05) is 16.2 Å². The second-order valence-corrected chi connectivity index (χ2v) is 5.38. The summed E-state index contributed by atoms with van der Waals surface area (Å²) in [5.41, 5.74) is 2.44. The zero-order valence-corrected chi connectivity index (χ0v) is 12.1. The molecule has 0 aliphatic rings. The average molecular weight is 297 g/mol. The molecular formula is C18H11N5. The fourth-order valence-corrected chi connectivity index (χ4v) is 2.84. The summed E-state index contributed by atoms with van der Waals surface area (Å²) >= 11 is 0. The van der Waals surface area contributed by atoms with E-state index in [9.17, 15) is 0 Å². The molecule has 108 valence electrons.